The Morgan fingerprint density at radius 3 is 2.09 bits per heavy atom. The summed E-state index contributed by atoms with van der Waals surface area (Å²) in [6.07, 6.45) is 7.29. The molecule has 23 heavy (non-hydrogen) atoms. The van der Waals surface area contributed by atoms with Crippen LogP contribution in [-0.4, -0.2) is 44.9 Å². The fourth-order valence-corrected chi connectivity index (χ4v) is 5.45. The summed E-state index contributed by atoms with van der Waals surface area (Å²) in [4.78, 5) is 2.05. The molecule has 1 aromatic carbocycles. The molecule has 0 aromatic heterocycles. The Hall–Kier alpha value is -0.620. The molecule has 128 valence electrons. The fourth-order valence-electron chi connectivity index (χ4n) is 3.85. The number of hydrogen-bond acceptors (Lipinski definition) is 2. The second-order valence-corrected chi connectivity index (χ2v) is 9.08. The van der Waals surface area contributed by atoms with E-state index in [-0.39, 0.29) is 0 Å². The third-order valence-electron chi connectivity index (χ3n) is 5.23. The zero-order valence-electron chi connectivity index (χ0n) is 13.5. The molecule has 2 fully saturated rings. The molecule has 6 heteroatoms. The Labute approximate surface area is 144 Å². The van der Waals surface area contributed by atoms with Gasteiger partial charge in [-0.2, -0.15) is 4.31 Å². The van der Waals surface area contributed by atoms with Crippen molar-refractivity contribution in [2.75, 3.05) is 26.2 Å². The van der Waals surface area contributed by atoms with Crippen LogP contribution in [0.25, 0.3) is 0 Å². The summed E-state index contributed by atoms with van der Waals surface area (Å²) in [5, 5.41) is 0.562. The normalized spacial score (nSPS) is 22.8. The van der Waals surface area contributed by atoms with Crippen LogP contribution in [0.5, 0.6) is 0 Å². The van der Waals surface area contributed by atoms with E-state index in [2.05, 4.69) is 0 Å². The largest absolute Gasteiger partial charge is 0.332 e. The molecule has 3 rings (SSSR count). The molecule has 0 unspecified atom stereocenters. The van der Waals surface area contributed by atoms with E-state index in [1.54, 1.807) is 33.5 Å². The smallest absolute Gasteiger partial charge is 0.243 e. The number of halogens is 1. The molecule has 2 saturated heterocycles. The van der Waals surface area contributed by atoms with Gasteiger partial charge >= 0.3 is 0 Å². The summed E-state index contributed by atoms with van der Waals surface area (Å²) < 4.78 is 27.1. The topological polar surface area (TPSA) is 41.8 Å². The lowest BCUT2D eigenvalue weighted by Gasteiger charge is -2.35. The molecule has 0 bridgehead atoms. The number of piperidine rings is 1. The van der Waals surface area contributed by atoms with E-state index in [9.17, 15) is 8.42 Å². The number of quaternary nitrogens is 1. The van der Waals surface area contributed by atoms with Gasteiger partial charge in [0.2, 0.25) is 10.0 Å². The SMILES string of the molecule is O=S(=O)(c1ccc(Cl)cc1)N1CCC([NH+]2CCCCCC2)CC1. The van der Waals surface area contributed by atoms with E-state index in [0.717, 1.165) is 12.8 Å². The molecule has 0 amide bonds. The quantitative estimate of drug-likeness (QED) is 0.898. The van der Waals surface area contributed by atoms with Crippen LogP contribution in [0.15, 0.2) is 29.2 Å². The third kappa shape index (κ3) is 4.08. The van der Waals surface area contributed by atoms with E-state index in [1.165, 1.54) is 38.8 Å². The molecule has 0 atom stereocenters. The highest BCUT2D eigenvalue weighted by Gasteiger charge is 2.33. The Morgan fingerprint density at radius 1 is 0.957 bits per heavy atom. The summed E-state index contributed by atoms with van der Waals surface area (Å²) in [5.41, 5.74) is 0. The van der Waals surface area contributed by atoms with Crippen LogP contribution >= 0.6 is 11.6 Å². The lowest BCUT2D eigenvalue weighted by atomic mass is 10.0. The van der Waals surface area contributed by atoms with Crippen LogP contribution in [0.3, 0.4) is 0 Å². The first-order valence-corrected chi connectivity index (χ1v) is 10.5. The van der Waals surface area contributed by atoms with E-state index >= 15 is 0 Å². The average Bonchev–Trinajstić information content (AvgIpc) is 2.85. The monoisotopic (exact) mass is 357 g/mol. The van der Waals surface area contributed by atoms with Gasteiger partial charge in [-0.15, -0.1) is 0 Å². The predicted molar refractivity (Wildman–Crippen MR) is 92.4 cm³/mol. The Morgan fingerprint density at radius 2 is 1.52 bits per heavy atom. The van der Waals surface area contributed by atoms with Crippen molar-refractivity contribution in [2.24, 2.45) is 0 Å². The molecule has 0 spiro atoms. The average molecular weight is 358 g/mol. The van der Waals surface area contributed by atoms with Gasteiger partial charge in [0, 0.05) is 31.0 Å². The fraction of sp³-hybridized carbons (Fsp3) is 0.647. The molecule has 0 saturated carbocycles. The summed E-state index contributed by atoms with van der Waals surface area (Å²) >= 11 is 5.85. The minimum absolute atomic E-state index is 0.350. The van der Waals surface area contributed by atoms with Crippen LogP contribution in [0.2, 0.25) is 5.02 Å². The molecule has 0 radical (unpaired) electrons. The number of sulfonamides is 1. The van der Waals surface area contributed by atoms with Crippen LogP contribution in [-0.2, 0) is 10.0 Å². The predicted octanol–water partition coefficient (Wildman–Crippen LogP) is 1.95. The van der Waals surface area contributed by atoms with Gasteiger partial charge in [0.1, 0.15) is 0 Å². The Balaban J connectivity index is 1.62. The zero-order valence-corrected chi connectivity index (χ0v) is 15.1. The van der Waals surface area contributed by atoms with Gasteiger partial charge in [-0.1, -0.05) is 11.6 Å². The summed E-state index contributed by atoms with van der Waals surface area (Å²) in [5.74, 6) is 0. The molecular weight excluding hydrogens is 332 g/mol. The van der Waals surface area contributed by atoms with E-state index < -0.39 is 10.0 Å². The van der Waals surface area contributed by atoms with E-state index in [1.807, 2.05) is 0 Å². The molecule has 2 aliphatic rings. The van der Waals surface area contributed by atoms with Crippen molar-refractivity contribution in [2.45, 2.75) is 49.5 Å². The maximum absolute atomic E-state index is 12.7. The van der Waals surface area contributed by atoms with Gasteiger partial charge < -0.3 is 4.90 Å². The standard InChI is InChI=1S/C17H25ClN2O2S/c18-15-5-7-17(8-6-15)23(21,22)20-13-9-16(10-14-20)19-11-3-1-2-4-12-19/h5-8,16H,1-4,9-14H2/p+1. The highest BCUT2D eigenvalue weighted by molar-refractivity contribution is 7.89. The van der Waals surface area contributed by atoms with Gasteiger partial charge in [0.15, 0.2) is 0 Å². The minimum Gasteiger partial charge on any atom is -0.332 e. The Bertz CT molecular complexity index is 602. The minimum atomic E-state index is -3.37. The van der Waals surface area contributed by atoms with Crippen molar-refractivity contribution in [1.82, 2.24) is 4.31 Å². The number of rotatable bonds is 3. The molecule has 0 aliphatic carbocycles. The van der Waals surface area contributed by atoms with Gasteiger partial charge in [-0.25, -0.2) is 8.42 Å². The number of hydrogen-bond donors (Lipinski definition) is 1. The van der Waals surface area contributed by atoms with Crippen molar-refractivity contribution < 1.29 is 13.3 Å². The third-order valence-corrected chi connectivity index (χ3v) is 7.39. The van der Waals surface area contributed by atoms with Gasteiger partial charge in [0.05, 0.1) is 24.0 Å². The first-order valence-electron chi connectivity index (χ1n) is 8.68. The number of nitrogens with zero attached hydrogens (tertiary/aromatic N) is 1. The number of likely N-dealkylation sites (tertiary alicyclic amines) is 1. The number of nitrogens with one attached hydrogen (secondary N) is 1. The number of benzene rings is 1. The summed E-state index contributed by atoms with van der Waals surface area (Å²) in [6, 6.07) is 7.11. The highest BCUT2D eigenvalue weighted by Crippen LogP contribution is 2.21. The van der Waals surface area contributed by atoms with Gasteiger partial charge in [-0.3, -0.25) is 0 Å². The van der Waals surface area contributed by atoms with E-state index in [0.29, 0.717) is 29.0 Å². The van der Waals surface area contributed by atoms with Crippen LogP contribution in [0.4, 0.5) is 0 Å². The van der Waals surface area contributed by atoms with Crippen LogP contribution < -0.4 is 4.90 Å². The first-order chi connectivity index (χ1) is 11.1. The lowest BCUT2D eigenvalue weighted by Crippen LogP contribution is -3.16. The molecular formula is C17H26ClN2O2S+. The van der Waals surface area contributed by atoms with Crippen LogP contribution in [0.1, 0.15) is 38.5 Å². The van der Waals surface area contributed by atoms with Crippen molar-refractivity contribution in [3.05, 3.63) is 29.3 Å². The zero-order chi connectivity index (χ0) is 16.3. The van der Waals surface area contributed by atoms with Crippen LogP contribution in [0, 0.1) is 0 Å². The molecule has 1 aromatic rings. The highest BCUT2D eigenvalue weighted by atomic mass is 35.5. The van der Waals surface area contributed by atoms with Crippen molar-refractivity contribution in [1.29, 1.82) is 0 Å². The van der Waals surface area contributed by atoms with Crippen molar-refractivity contribution in [3.8, 4) is 0 Å². The lowest BCUT2D eigenvalue weighted by molar-refractivity contribution is -0.926. The molecule has 2 heterocycles. The Kier molecular flexibility index (Phi) is 5.62. The van der Waals surface area contributed by atoms with Crippen molar-refractivity contribution >= 4 is 21.6 Å². The maximum Gasteiger partial charge on any atom is 0.243 e. The molecule has 4 nitrogen and oxygen atoms in total. The maximum atomic E-state index is 12.7. The second-order valence-electron chi connectivity index (χ2n) is 6.70. The summed E-state index contributed by atoms with van der Waals surface area (Å²) in [6.45, 7) is 3.79. The van der Waals surface area contributed by atoms with Crippen molar-refractivity contribution in [3.63, 3.8) is 0 Å². The molecule has 2 aliphatic heterocycles. The second kappa shape index (κ2) is 7.51. The van der Waals surface area contributed by atoms with E-state index in [4.69, 9.17) is 11.6 Å². The molecule has 1 N–H and O–H groups in total. The van der Waals surface area contributed by atoms with Gasteiger partial charge in [0.25, 0.3) is 0 Å². The summed E-state index contributed by atoms with van der Waals surface area (Å²) in [7, 11) is -3.37. The van der Waals surface area contributed by atoms with Gasteiger partial charge in [-0.05, 0) is 49.9 Å². The first kappa shape index (κ1) is 17.2.